The van der Waals surface area contributed by atoms with Crippen LogP contribution in [0.2, 0.25) is 0 Å². The third-order valence-electron chi connectivity index (χ3n) is 1.32. The van der Waals surface area contributed by atoms with Crippen molar-refractivity contribution >= 4 is 11.9 Å². The number of hydrogen-bond donors (Lipinski definition) is 1. The topological polar surface area (TPSA) is 55.4 Å². The van der Waals surface area contributed by atoms with Crippen LogP contribution < -0.4 is 5.32 Å². The van der Waals surface area contributed by atoms with Gasteiger partial charge in [-0.3, -0.25) is 9.59 Å². The molecule has 82 valence electrons. The molecule has 0 aliphatic rings. The molecule has 0 heterocycles. The summed E-state index contributed by atoms with van der Waals surface area (Å²) >= 11 is 0. The fraction of sp³-hybridized carbons (Fsp3) is 0.750. The highest BCUT2D eigenvalue weighted by atomic mass is 19.3. The van der Waals surface area contributed by atoms with E-state index in [9.17, 15) is 18.4 Å². The van der Waals surface area contributed by atoms with E-state index in [1.807, 2.05) is 5.32 Å². The minimum atomic E-state index is -2.57. The van der Waals surface area contributed by atoms with Crippen molar-refractivity contribution in [1.29, 1.82) is 0 Å². The van der Waals surface area contributed by atoms with E-state index in [0.717, 1.165) is 0 Å². The molecule has 0 rings (SSSR count). The molecule has 4 nitrogen and oxygen atoms in total. The Morgan fingerprint density at radius 2 is 2.00 bits per heavy atom. The van der Waals surface area contributed by atoms with Gasteiger partial charge >= 0.3 is 5.97 Å². The molecule has 0 aromatic heterocycles. The van der Waals surface area contributed by atoms with E-state index in [2.05, 4.69) is 4.74 Å². The van der Waals surface area contributed by atoms with Crippen molar-refractivity contribution in [2.45, 2.75) is 26.2 Å². The van der Waals surface area contributed by atoms with Gasteiger partial charge in [0.05, 0.1) is 19.6 Å². The summed E-state index contributed by atoms with van der Waals surface area (Å²) in [6.07, 6.45) is -2.77. The lowest BCUT2D eigenvalue weighted by molar-refractivity contribution is -0.144. The second kappa shape index (κ2) is 7.23. The maximum Gasteiger partial charge on any atom is 0.306 e. The van der Waals surface area contributed by atoms with E-state index >= 15 is 0 Å². The van der Waals surface area contributed by atoms with Gasteiger partial charge in [-0.1, -0.05) is 0 Å². The number of nitrogens with one attached hydrogen (secondary N) is 1. The molecule has 0 saturated heterocycles. The number of carbonyl (C=O) groups is 2. The van der Waals surface area contributed by atoms with Gasteiger partial charge in [-0.15, -0.1) is 0 Å². The van der Waals surface area contributed by atoms with Gasteiger partial charge in [0.15, 0.2) is 0 Å². The minimum Gasteiger partial charge on any atom is -0.466 e. The van der Waals surface area contributed by atoms with Gasteiger partial charge in [-0.25, -0.2) is 8.78 Å². The summed E-state index contributed by atoms with van der Waals surface area (Å²) in [6, 6.07) is 0. The highest BCUT2D eigenvalue weighted by Gasteiger charge is 2.09. The molecule has 0 aliphatic heterocycles. The first kappa shape index (κ1) is 12.8. The van der Waals surface area contributed by atoms with Crippen LogP contribution in [0.1, 0.15) is 19.8 Å². The monoisotopic (exact) mass is 209 g/mol. The molecule has 14 heavy (non-hydrogen) atoms. The molecule has 0 aliphatic carbocycles. The lowest BCUT2D eigenvalue weighted by Gasteiger charge is -2.03. The molecular weight excluding hydrogens is 196 g/mol. The van der Waals surface area contributed by atoms with Crippen molar-refractivity contribution in [3.05, 3.63) is 0 Å². The van der Waals surface area contributed by atoms with Crippen LogP contribution in [-0.2, 0) is 14.3 Å². The van der Waals surface area contributed by atoms with Crippen LogP contribution in [0.5, 0.6) is 0 Å². The maximum absolute atomic E-state index is 11.6. The molecule has 0 unspecified atom stereocenters. The average molecular weight is 209 g/mol. The summed E-state index contributed by atoms with van der Waals surface area (Å²) < 4.78 is 27.8. The van der Waals surface area contributed by atoms with Crippen LogP contribution in [0.25, 0.3) is 0 Å². The summed E-state index contributed by atoms with van der Waals surface area (Å²) in [5.74, 6) is -1.07. The first-order valence-corrected chi connectivity index (χ1v) is 4.26. The van der Waals surface area contributed by atoms with E-state index in [1.165, 1.54) is 0 Å². The number of halogens is 2. The lowest BCUT2D eigenvalue weighted by Crippen LogP contribution is -2.28. The molecule has 6 heteroatoms. The molecule has 1 N–H and O–H groups in total. The van der Waals surface area contributed by atoms with Gasteiger partial charge < -0.3 is 10.1 Å². The van der Waals surface area contributed by atoms with Crippen molar-refractivity contribution in [2.75, 3.05) is 13.2 Å². The van der Waals surface area contributed by atoms with Gasteiger partial charge in [0.2, 0.25) is 5.91 Å². The van der Waals surface area contributed by atoms with Crippen LogP contribution in [-0.4, -0.2) is 31.5 Å². The lowest BCUT2D eigenvalue weighted by atomic mass is 10.3. The number of esters is 1. The number of alkyl halides is 2. The summed E-state index contributed by atoms with van der Waals surface area (Å²) in [7, 11) is 0. The SMILES string of the molecule is CCOC(=O)CCC(=O)NCC(F)F. The molecular formula is C8H13F2NO3. The number of hydrogen-bond acceptors (Lipinski definition) is 3. The van der Waals surface area contributed by atoms with Gasteiger partial charge in [-0.05, 0) is 6.92 Å². The van der Waals surface area contributed by atoms with Crippen molar-refractivity contribution in [3.8, 4) is 0 Å². The Labute approximate surface area is 80.6 Å². The highest BCUT2D eigenvalue weighted by molar-refractivity contribution is 5.81. The number of ether oxygens (including phenoxy) is 1. The molecule has 0 saturated carbocycles. The van der Waals surface area contributed by atoms with E-state index in [4.69, 9.17) is 0 Å². The summed E-state index contributed by atoms with van der Waals surface area (Å²) in [5.41, 5.74) is 0. The molecule has 0 spiro atoms. The van der Waals surface area contributed by atoms with E-state index in [1.54, 1.807) is 6.92 Å². The first-order valence-electron chi connectivity index (χ1n) is 4.26. The molecule has 0 aromatic rings. The van der Waals surface area contributed by atoms with E-state index in [0.29, 0.717) is 0 Å². The molecule has 0 aromatic carbocycles. The Kier molecular flexibility index (Phi) is 6.61. The minimum absolute atomic E-state index is 0.0804. The fourth-order valence-electron chi connectivity index (χ4n) is 0.728. The summed E-state index contributed by atoms with van der Waals surface area (Å²) in [5, 5.41) is 1.98. The zero-order chi connectivity index (χ0) is 11.0. The molecule has 1 amide bonds. The Morgan fingerprint density at radius 3 is 2.50 bits per heavy atom. The number of rotatable bonds is 6. The van der Waals surface area contributed by atoms with Gasteiger partial charge in [0.25, 0.3) is 6.43 Å². The Bertz CT molecular complexity index is 197. The Balaban J connectivity index is 3.48. The van der Waals surface area contributed by atoms with E-state index < -0.39 is 24.8 Å². The molecule has 0 bridgehead atoms. The molecule has 0 atom stereocenters. The zero-order valence-corrected chi connectivity index (χ0v) is 7.89. The molecule has 0 radical (unpaired) electrons. The maximum atomic E-state index is 11.6. The Hall–Kier alpha value is -1.20. The second-order valence-corrected chi connectivity index (χ2v) is 2.50. The zero-order valence-electron chi connectivity index (χ0n) is 7.89. The second-order valence-electron chi connectivity index (χ2n) is 2.50. The third-order valence-corrected chi connectivity index (χ3v) is 1.32. The van der Waals surface area contributed by atoms with Crippen LogP contribution in [0.3, 0.4) is 0 Å². The highest BCUT2D eigenvalue weighted by Crippen LogP contribution is 1.94. The first-order chi connectivity index (χ1) is 6.56. The summed E-state index contributed by atoms with van der Waals surface area (Å²) in [4.78, 5) is 21.5. The average Bonchev–Trinajstić information content (AvgIpc) is 2.12. The van der Waals surface area contributed by atoms with Crippen LogP contribution >= 0.6 is 0 Å². The van der Waals surface area contributed by atoms with Crippen molar-refractivity contribution in [3.63, 3.8) is 0 Å². The summed E-state index contributed by atoms with van der Waals surface area (Å²) in [6.45, 7) is 1.22. The van der Waals surface area contributed by atoms with Crippen LogP contribution in [0.15, 0.2) is 0 Å². The van der Waals surface area contributed by atoms with Crippen molar-refractivity contribution in [1.82, 2.24) is 5.32 Å². The van der Waals surface area contributed by atoms with Gasteiger partial charge in [0, 0.05) is 6.42 Å². The standard InChI is InChI=1S/C8H13F2NO3/c1-2-14-8(13)4-3-7(12)11-5-6(9)10/h6H,2-5H2,1H3,(H,11,12). The number of amides is 1. The van der Waals surface area contributed by atoms with Crippen LogP contribution in [0, 0.1) is 0 Å². The van der Waals surface area contributed by atoms with Crippen molar-refractivity contribution in [2.24, 2.45) is 0 Å². The smallest absolute Gasteiger partial charge is 0.306 e. The van der Waals surface area contributed by atoms with E-state index in [-0.39, 0.29) is 19.4 Å². The predicted octanol–water partition coefficient (Wildman–Crippen LogP) is 0.711. The van der Waals surface area contributed by atoms with Crippen LogP contribution in [0.4, 0.5) is 8.78 Å². The third kappa shape index (κ3) is 7.45. The van der Waals surface area contributed by atoms with Gasteiger partial charge in [0.1, 0.15) is 0 Å². The molecule has 0 fully saturated rings. The Morgan fingerprint density at radius 1 is 1.36 bits per heavy atom. The van der Waals surface area contributed by atoms with Crippen molar-refractivity contribution < 1.29 is 23.1 Å². The normalized spacial score (nSPS) is 10.0. The quantitative estimate of drug-likeness (QED) is 0.655. The predicted molar refractivity (Wildman–Crippen MR) is 44.9 cm³/mol. The largest absolute Gasteiger partial charge is 0.466 e. The fourth-order valence-corrected chi connectivity index (χ4v) is 0.728. The number of carbonyl (C=O) groups excluding carboxylic acids is 2. The van der Waals surface area contributed by atoms with Gasteiger partial charge in [-0.2, -0.15) is 0 Å².